The first-order chi connectivity index (χ1) is 9.77. The molecule has 0 aliphatic rings. The zero-order chi connectivity index (χ0) is 15.6. The number of anilines is 1. The van der Waals surface area contributed by atoms with Crippen molar-refractivity contribution >= 4 is 42.9 Å². The molecule has 8 heteroatoms. The molecule has 110 valence electrons. The van der Waals surface area contributed by atoms with E-state index in [1.807, 2.05) is 0 Å². The van der Waals surface area contributed by atoms with E-state index in [0.717, 1.165) is 12.1 Å². The van der Waals surface area contributed by atoms with Crippen LogP contribution in [0.3, 0.4) is 0 Å². The van der Waals surface area contributed by atoms with Crippen LogP contribution in [0, 0.1) is 5.82 Å². The summed E-state index contributed by atoms with van der Waals surface area (Å²) in [5.41, 5.74) is 0.301. The Morgan fingerprint density at radius 3 is 2.43 bits per heavy atom. The third-order valence-corrected chi connectivity index (χ3v) is 4.22. The van der Waals surface area contributed by atoms with E-state index in [2.05, 4.69) is 5.32 Å². The van der Waals surface area contributed by atoms with Gasteiger partial charge in [-0.25, -0.2) is 12.8 Å². The molecule has 0 saturated carbocycles. The fourth-order valence-electron chi connectivity index (χ4n) is 1.57. The van der Waals surface area contributed by atoms with Gasteiger partial charge in [0.15, 0.2) is 0 Å². The van der Waals surface area contributed by atoms with Crippen LogP contribution in [0.5, 0.6) is 0 Å². The first kappa shape index (κ1) is 15.8. The van der Waals surface area contributed by atoms with Gasteiger partial charge in [0, 0.05) is 16.2 Å². The minimum atomic E-state index is -3.90. The summed E-state index contributed by atoms with van der Waals surface area (Å²) in [6, 6.07) is 8.74. The molecular formula is C13H8Cl2FNO3S. The van der Waals surface area contributed by atoms with Crippen LogP contribution in [0.15, 0.2) is 47.4 Å². The first-order valence-electron chi connectivity index (χ1n) is 5.58. The molecule has 1 amide bonds. The Balaban J connectivity index is 2.26. The van der Waals surface area contributed by atoms with Gasteiger partial charge in [-0.1, -0.05) is 17.7 Å². The third kappa shape index (κ3) is 3.93. The van der Waals surface area contributed by atoms with E-state index in [9.17, 15) is 17.6 Å². The Kier molecular flexibility index (Phi) is 4.51. The average molecular weight is 348 g/mol. The van der Waals surface area contributed by atoms with Gasteiger partial charge in [0.25, 0.3) is 15.0 Å². The SMILES string of the molecule is O=C(Nc1ccc(S(=O)(=O)Cl)cc1Cl)c1cccc(F)c1. The van der Waals surface area contributed by atoms with Crippen LogP contribution < -0.4 is 5.32 Å². The summed E-state index contributed by atoms with van der Waals surface area (Å²) in [5, 5.41) is 2.46. The van der Waals surface area contributed by atoms with Crippen LogP contribution in [-0.2, 0) is 9.05 Å². The molecule has 0 bridgehead atoms. The number of nitrogens with one attached hydrogen (secondary N) is 1. The lowest BCUT2D eigenvalue weighted by Gasteiger charge is -2.08. The molecule has 0 unspecified atom stereocenters. The summed E-state index contributed by atoms with van der Waals surface area (Å²) in [4.78, 5) is 11.7. The molecule has 0 aliphatic heterocycles. The molecule has 21 heavy (non-hydrogen) atoms. The van der Waals surface area contributed by atoms with E-state index in [-0.39, 0.29) is 21.2 Å². The number of hydrogen-bond donors (Lipinski definition) is 1. The minimum Gasteiger partial charge on any atom is -0.321 e. The highest BCUT2D eigenvalue weighted by molar-refractivity contribution is 8.13. The zero-order valence-corrected chi connectivity index (χ0v) is 12.6. The topological polar surface area (TPSA) is 63.2 Å². The highest BCUT2D eigenvalue weighted by Gasteiger charge is 2.14. The third-order valence-electron chi connectivity index (χ3n) is 2.56. The summed E-state index contributed by atoms with van der Waals surface area (Å²) in [6.07, 6.45) is 0. The van der Waals surface area contributed by atoms with Crippen LogP contribution in [0.1, 0.15) is 10.4 Å². The molecule has 0 spiro atoms. The quantitative estimate of drug-likeness (QED) is 0.861. The smallest absolute Gasteiger partial charge is 0.261 e. The van der Waals surface area contributed by atoms with E-state index in [4.69, 9.17) is 22.3 Å². The molecule has 4 nitrogen and oxygen atoms in total. The predicted molar refractivity (Wildman–Crippen MR) is 78.8 cm³/mol. The monoisotopic (exact) mass is 347 g/mol. The average Bonchev–Trinajstić information content (AvgIpc) is 2.39. The molecule has 0 atom stereocenters. The van der Waals surface area contributed by atoms with Gasteiger partial charge >= 0.3 is 0 Å². The number of amides is 1. The van der Waals surface area contributed by atoms with Gasteiger partial charge in [-0.05, 0) is 36.4 Å². The Morgan fingerprint density at radius 2 is 1.86 bits per heavy atom. The number of hydrogen-bond acceptors (Lipinski definition) is 3. The van der Waals surface area contributed by atoms with Gasteiger partial charge in [-0.3, -0.25) is 4.79 Å². The molecule has 2 aromatic carbocycles. The standard InChI is InChI=1S/C13H8Cl2FNO3S/c14-11-7-10(21(15,19)20)4-5-12(11)17-13(18)8-2-1-3-9(16)6-8/h1-7H,(H,17,18). The molecule has 0 aromatic heterocycles. The number of halogens is 3. The lowest BCUT2D eigenvalue weighted by molar-refractivity contribution is 0.102. The van der Waals surface area contributed by atoms with E-state index in [0.29, 0.717) is 0 Å². The van der Waals surface area contributed by atoms with Crippen molar-refractivity contribution in [1.82, 2.24) is 0 Å². The second-order valence-corrected chi connectivity index (χ2v) is 7.02. The summed E-state index contributed by atoms with van der Waals surface area (Å²) in [6.45, 7) is 0. The number of carbonyl (C=O) groups is 1. The zero-order valence-electron chi connectivity index (χ0n) is 10.3. The Bertz CT molecular complexity index is 809. The maximum Gasteiger partial charge on any atom is 0.261 e. The van der Waals surface area contributed by atoms with Gasteiger partial charge in [0.1, 0.15) is 5.82 Å². The summed E-state index contributed by atoms with van der Waals surface area (Å²) < 4.78 is 35.4. The molecule has 2 aromatic rings. The fraction of sp³-hybridized carbons (Fsp3) is 0. The lowest BCUT2D eigenvalue weighted by Crippen LogP contribution is -2.12. The van der Waals surface area contributed by atoms with Gasteiger partial charge in [0.05, 0.1) is 15.6 Å². The van der Waals surface area contributed by atoms with Crippen LogP contribution in [0.4, 0.5) is 10.1 Å². The van der Waals surface area contributed by atoms with Crippen molar-refractivity contribution in [2.24, 2.45) is 0 Å². The first-order valence-corrected chi connectivity index (χ1v) is 8.27. The Hall–Kier alpha value is -1.63. The van der Waals surface area contributed by atoms with Gasteiger partial charge in [-0.2, -0.15) is 0 Å². The molecular weight excluding hydrogens is 340 g/mol. The highest BCUT2D eigenvalue weighted by Crippen LogP contribution is 2.27. The van der Waals surface area contributed by atoms with Crippen LogP contribution in [0.25, 0.3) is 0 Å². The molecule has 0 aliphatic carbocycles. The Labute approximate surface area is 129 Å². The summed E-state index contributed by atoms with van der Waals surface area (Å²) in [5.74, 6) is -1.12. The van der Waals surface area contributed by atoms with Crippen molar-refractivity contribution in [2.45, 2.75) is 4.90 Å². The normalized spacial score (nSPS) is 11.2. The molecule has 0 heterocycles. The second kappa shape index (κ2) is 6.01. The van der Waals surface area contributed by atoms with Crippen molar-refractivity contribution in [1.29, 1.82) is 0 Å². The van der Waals surface area contributed by atoms with E-state index in [1.54, 1.807) is 0 Å². The highest BCUT2D eigenvalue weighted by atomic mass is 35.7. The molecule has 1 N–H and O–H groups in total. The van der Waals surface area contributed by atoms with Crippen molar-refractivity contribution in [2.75, 3.05) is 5.32 Å². The lowest BCUT2D eigenvalue weighted by atomic mass is 10.2. The molecule has 0 radical (unpaired) electrons. The van der Waals surface area contributed by atoms with Crippen LogP contribution in [0.2, 0.25) is 5.02 Å². The van der Waals surface area contributed by atoms with Gasteiger partial charge < -0.3 is 5.32 Å². The van der Waals surface area contributed by atoms with Crippen LogP contribution in [-0.4, -0.2) is 14.3 Å². The van der Waals surface area contributed by atoms with Crippen molar-refractivity contribution in [3.8, 4) is 0 Å². The second-order valence-electron chi connectivity index (χ2n) is 4.04. The van der Waals surface area contributed by atoms with Gasteiger partial charge in [0.2, 0.25) is 0 Å². The fourth-order valence-corrected chi connectivity index (χ4v) is 2.64. The number of benzene rings is 2. The van der Waals surface area contributed by atoms with Gasteiger partial charge in [-0.15, -0.1) is 0 Å². The van der Waals surface area contributed by atoms with E-state index in [1.165, 1.54) is 30.3 Å². The molecule has 2 rings (SSSR count). The van der Waals surface area contributed by atoms with Crippen molar-refractivity contribution < 1.29 is 17.6 Å². The summed E-state index contributed by atoms with van der Waals surface area (Å²) >= 11 is 5.89. The van der Waals surface area contributed by atoms with Crippen LogP contribution >= 0.6 is 22.3 Å². The maximum absolute atomic E-state index is 13.0. The van der Waals surface area contributed by atoms with Crippen molar-refractivity contribution in [3.63, 3.8) is 0 Å². The Morgan fingerprint density at radius 1 is 1.14 bits per heavy atom. The number of carbonyl (C=O) groups excluding carboxylic acids is 1. The predicted octanol–water partition coefficient (Wildman–Crippen LogP) is 3.66. The summed E-state index contributed by atoms with van der Waals surface area (Å²) in [7, 11) is 1.28. The maximum atomic E-state index is 13.0. The van der Waals surface area contributed by atoms with E-state index >= 15 is 0 Å². The number of rotatable bonds is 3. The molecule has 0 saturated heterocycles. The largest absolute Gasteiger partial charge is 0.321 e. The molecule has 0 fully saturated rings. The van der Waals surface area contributed by atoms with E-state index < -0.39 is 20.8 Å². The minimum absolute atomic E-state index is 0.00137. The van der Waals surface area contributed by atoms with Crippen molar-refractivity contribution in [3.05, 3.63) is 58.9 Å².